The monoisotopic (exact) mass is 291 g/mol. The first kappa shape index (κ1) is 14.0. The fraction of sp³-hybridized carbons (Fsp3) is 0.562. The summed E-state index contributed by atoms with van der Waals surface area (Å²) in [5.74, 6) is 0.280. The van der Waals surface area contributed by atoms with Crippen molar-refractivity contribution in [1.29, 1.82) is 0 Å². The van der Waals surface area contributed by atoms with Gasteiger partial charge in [-0.3, -0.25) is 4.79 Å². The average Bonchev–Trinajstić information content (AvgIpc) is 2.66. The maximum Gasteiger partial charge on any atom is 0.232 e. The van der Waals surface area contributed by atoms with E-state index in [-0.39, 0.29) is 11.8 Å². The van der Waals surface area contributed by atoms with E-state index >= 15 is 0 Å². The predicted molar refractivity (Wildman–Crippen MR) is 82.3 cm³/mol. The topological polar surface area (TPSA) is 29.5 Å². The van der Waals surface area contributed by atoms with Crippen LogP contribution in [-0.4, -0.2) is 30.9 Å². The third kappa shape index (κ3) is 2.86. The molecule has 1 aromatic rings. The quantitative estimate of drug-likeness (QED) is 0.795. The van der Waals surface area contributed by atoms with Gasteiger partial charge in [0.25, 0.3) is 0 Å². The minimum absolute atomic E-state index is 0.0372. The van der Waals surface area contributed by atoms with Crippen LogP contribution >= 0.6 is 11.8 Å². The van der Waals surface area contributed by atoms with Crippen molar-refractivity contribution in [2.75, 3.05) is 24.7 Å². The Morgan fingerprint density at radius 2 is 2.20 bits per heavy atom. The van der Waals surface area contributed by atoms with Gasteiger partial charge in [0.2, 0.25) is 5.91 Å². The summed E-state index contributed by atoms with van der Waals surface area (Å²) in [6.07, 6.45) is 3.00. The zero-order valence-corrected chi connectivity index (χ0v) is 12.7. The molecule has 1 amide bonds. The number of nitrogens with zero attached hydrogens (tertiary/aromatic N) is 1. The Hall–Kier alpha value is -1.00. The summed E-state index contributed by atoms with van der Waals surface area (Å²) >= 11 is 1.88. The molecule has 0 aromatic heterocycles. The second-order valence-electron chi connectivity index (χ2n) is 5.59. The number of amides is 1. The molecule has 3 rings (SSSR count). The van der Waals surface area contributed by atoms with Gasteiger partial charge in [-0.25, -0.2) is 0 Å². The summed E-state index contributed by atoms with van der Waals surface area (Å²) < 4.78 is 5.48. The number of fused-ring (bicyclic) bond motifs is 1. The molecule has 3 nitrogen and oxygen atoms in total. The molecule has 2 aliphatic heterocycles. The number of anilines is 1. The van der Waals surface area contributed by atoms with Gasteiger partial charge in [-0.1, -0.05) is 19.1 Å². The molecule has 0 saturated carbocycles. The molecule has 1 fully saturated rings. The lowest BCUT2D eigenvalue weighted by atomic mass is 10.00. The molecule has 2 atom stereocenters. The fourth-order valence-corrected chi connectivity index (χ4v) is 3.98. The van der Waals surface area contributed by atoms with Crippen molar-refractivity contribution in [3.8, 4) is 0 Å². The van der Waals surface area contributed by atoms with Crippen molar-refractivity contribution in [2.24, 2.45) is 5.92 Å². The van der Waals surface area contributed by atoms with E-state index in [9.17, 15) is 4.79 Å². The Kier molecular flexibility index (Phi) is 4.32. The second-order valence-corrected chi connectivity index (χ2v) is 7.07. The molecule has 20 heavy (non-hydrogen) atoms. The van der Waals surface area contributed by atoms with Gasteiger partial charge in [0.15, 0.2) is 0 Å². The SMILES string of the molecule is CC1CCN(C(=O)C2CCCOC2)c2ccccc2S1. The van der Waals surface area contributed by atoms with Gasteiger partial charge in [0.1, 0.15) is 0 Å². The van der Waals surface area contributed by atoms with E-state index in [1.165, 1.54) is 4.90 Å². The molecule has 0 aliphatic carbocycles. The van der Waals surface area contributed by atoms with Gasteiger partial charge in [-0.2, -0.15) is 0 Å². The van der Waals surface area contributed by atoms with Crippen LogP contribution in [-0.2, 0) is 9.53 Å². The molecule has 108 valence electrons. The minimum atomic E-state index is 0.0372. The van der Waals surface area contributed by atoms with E-state index < -0.39 is 0 Å². The van der Waals surface area contributed by atoms with E-state index in [2.05, 4.69) is 25.1 Å². The van der Waals surface area contributed by atoms with E-state index in [0.717, 1.165) is 38.1 Å². The lowest BCUT2D eigenvalue weighted by Gasteiger charge is -2.29. The Labute approximate surface area is 124 Å². The Bertz CT molecular complexity index is 485. The van der Waals surface area contributed by atoms with E-state index in [1.54, 1.807) is 0 Å². The van der Waals surface area contributed by atoms with Crippen molar-refractivity contribution in [3.05, 3.63) is 24.3 Å². The van der Waals surface area contributed by atoms with Gasteiger partial charge in [-0.15, -0.1) is 11.8 Å². The Balaban J connectivity index is 1.86. The third-order valence-corrected chi connectivity index (χ3v) is 5.26. The average molecular weight is 291 g/mol. The van der Waals surface area contributed by atoms with Crippen molar-refractivity contribution in [1.82, 2.24) is 0 Å². The number of hydrogen-bond donors (Lipinski definition) is 0. The highest BCUT2D eigenvalue weighted by atomic mass is 32.2. The van der Waals surface area contributed by atoms with Crippen LogP contribution in [0.1, 0.15) is 26.2 Å². The minimum Gasteiger partial charge on any atom is -0.381 e. The van der Waals surface area contributed by atoms with Gasteiger partial charge < -0.3 is 9.64 Å². The normalized spacial score (nSPS) is 26.8. The number of thioether (sulfide) groups is 1. The van der Waals surface area contributed by atoms with Crippen LogP contribution in [0.25, 0.3) is 0 Å². The molecule has 1 saturated heterocycles. The lowest BCUT2D eigenvalue weighted by Crippen LogP contribution is -2.40. The Morgan fingerprint density at radius 3 is 3.00 bits per heavy atom. The summed E-state index contributed by atoms with van der Waals surface area (Å²) in [4.78, 5) is 16.0. The van der Waals surface area contributed by atoms with Crippen molar-refractivity contribution >= 4 is 23.4 Å². The molecule has 4 heteroatoms. The van der Waals surface area contributed by atoms with Crippen molar-refractivity contribution < 1.29 is 9.53 Å². The lowest BCUT2D eigenvalue weighted by molar-refractivity contribution is -0.126. The molecular weight excluding hydrogens is 270 g/mol. The van der Waals surface area contributed by atoms with Gasteiger partial charge >= 0.3 is 0 Å². The molecule has 0 bridgehead atoms. The highest BCUT2D eigenvalue weighted by Gasteiger charge is 2.30. The largest absolute Gasteiger partial charge is 0.381 e. The van der Waals surface area contributed by atoms with Crippen LogP contribution in [0.15, 0.2) is 29.2 Å². The number of para-hydroxylation sites is 1. The maximum atomic E-state index is 12.8. The van der Waals surface area contributed by atoms with Gasteiger partial charge in [0.05, 0.1) is 18.2 Å². The predicted octanol–water partition coefficient (Wildman–Crippen LogP) is 3.33. The smallest absolute Gasteiger partial charge is 0.232 e. The van der Waals surface area contributed by atoms with Gasteiger partial charge in [-0.05, 0) is 31.4 Å². The van der Waals surface area contributed by atoms with Crippen LogP contribution in [0.4, 0.5) is 5.69 Å². The van der Waals surface area contributed by atoms with E-state index in [1.807, 2.05) is 22.7 Å². The van der Waals surface area contributed by atoms with Crippen LogP contribution in [0.5, 0.6) is 0 Å². The number of carbonyl (C=O) groups is 1. The van der Waals surface area contributed by atoms with Crippen LogP contribution in [0.3, 0.4) is 0 Å². The summed E-state index contributed by atoms with van der Waals surface area (Å²) in [5, 5.41) is 0.552. The highest BCUT2D eigenvalue weighted by Crippen LogP contribution is 2.38. The van der Waals surface area contributed by atoms with Crippen LogP contribution < -0.4 is 4.90 Å². The molecule has 2 unspecified atom stereocenters. The maximum absolute atomic E-state index is 12.8. The molecule has 0 spiro atoms. The molecule has 2 aliphatic rings. The number of carbonyl (C=O) groups excluding carboxylic acids is 1. The second kappa shape index (κ2) is 6.19. The first-order valence-electron chi connectivity index (χ1n) is 7.40. The van der Waals surface area contributed by atoms with E-state index in [4.69, 9.17) is 4.74 Å². The highest BCUT2D eigenvalue weighted by molar-refractivity contribution is 8.00. The van der Waals surface area contributed by atoms with Crippen LogP contribution in [0.2, 0.25) is 0 Å². The number of hydrogen-bond acceptors (Lipinski definition) is 3. The van der Waals surface area contributed by atoms with Crippen molar-refractivity contribution in [3.63, 3.8) is 0 Å². The third-order valence-electron chi connectivity index (χ3n) is 4.02. The van der Waals surface area contributed by atoms with Gasteiger partial charge in [0, 0.05) is 23.3 Å². The zero-order chi connectivity index (χ0) is 13.9. The zero-order valence-electron chi connectivity index (χ0n) is 11.9. The summed E-state index contributed by atoms with van der Waals surface area (Å²) in [7, 11) is 0. The fourth-order valence-electron chi connectivity index (χ4n) is 2.87. The van der Waals surface area contributed by atoms with E-state index in [0.29, 0.717) is 11.9 Å². The first-order valence-corrected chi connectivity index (χ1v) is 8.28. The van der Waals surface area contributed by atoms with Crippen LogP contribution in [0, 0.1) is 5.92 Å². The standard InChI is InChI=1S/C16H21NO2S/c1-12-8-9-17(14-6-2-3-7-15(14)20-12)16(18)13-5-4-10-19-11-13/h2-3,6-7,12-13H,4-5,8-11H2,1H3. The van der Waals surface area contributed by atoms with Crippen molar-refractivity contribution in [2.45, 2.75) is 36.3 Å². The molecule has 2 heterocycles. The number of benzene rings is 1. The summed E-state index contributed by atoms with van der Waals surface area (Å²) in [5.41, 5.74) is 1.08. The number of rotatable bonds is 1. The summed E-state index contributed by atoms with van der Waals surface area (Å²) in [6.45, 7) is 4.44. The first-order chi connectivity index (χ1) is 9.75. The number of ether oxygens (including phenoxy) is 1. The summed E-state index contributed by atoms with van der Waals surface area (Å²) in [6, 6.07) is 8.27. The molecular formula is C16H21NO2S. The molecule has 0 N–H and O–H groups in total. The molecule has 0 radical (unpaired) electrons. The molecule has 1 aromatic carbocycles. The Morgan fingerprint density at radius 1 is 1.35 bits per heavy atom.